The molecule has 3 nitrogen and oxygen atoms in total. The number of rotatable bonds is 1. The number of ether oxygens (including phenoxy) is 1. The van der Waals surface area contributed by atoms with Gasteiger partial charge in [-0.3, -0.25) is 0 Å². The average molecular weight is 139 g/mol. The molecule has 0 spiro atoms. The first-order chi connectivity index (χ1) is 4.74. The second kappa shape index (κ2) is 2.56. The number of nitrogens with zero attached hydrogens (tertiary/aromatic N) is 1. The molecule has 10 heavy (non-hydrogen) atoms. The maximum atomic E-state index is 5.44. The van der Waals surface area contributed by atoms with Gasteiger partial charge in [-0.2, -0.15) is 0 Å². The van der Waals surface area contributed by atoms with E-state index in [1.54, 1.807) is 19.5 Å². The number of hydrogen-bond donors (Lipinski definition) is 1. The van der Waals surface area contributed by atoms with Crippen molar-refractivity contribution in [2.75, 3.05) is 13.0 Å². The number of pyridine rings is 1. The minimum absolute atomic E-state index is 0.810. The van der Waals surface area contributed by atoms with E-state index in [-0.39, 0.29) is 0 Å². The summed E-state index contributed by atoms with van der Waals surface area (Å²) < 4.78 is 6.49. The average Bonchev–Trinajstić information content (AvgIpc) is 1.94. The minimum atomic E-state index is 0.810. The highest BCUT2D eigenvalue weighted by molar-refractivity contribution is 5.25. The Morgan fingerprint density at radius 2 is 2.30 bits per heavy atom. The summed E-state index contributed by atoms with van der Waals surface area (Å²) in [6.07, 6.45) is 3.51. The second-order valence-electron chi connectivity index (χ2n) is 2.14. The lowest BCUT2D eigenvalue weighted by atomic mass is 10.3. The van der Waals surface area contributed by atoms with Crippen LogP contribution in [0.5, 0.6) is 5.75 Å². The summed E-state index contributed by atoms with van der Waals surface area (Å²) in [6, 6.07) is 1.90. The van der Waals surface area contributed by atoms with Gasteiger partial charge in [-0.05, 0) is 6.92 Å². The summed E-state index contributed by atoms with van der Waals surface area (Å²) in [4.78, 5) is 0. The Labute approximate surface area is 60.0 Å². The largest absolute Gasteiger partial charge is 0.490 e. The number of nitrogen functional groups attached to an aromatic ring is 1. The van der Waals surface area contributed by atoms with E-state index < -0.39 is 0 Å². The topological polar surface area (TPSA) is 39.1 Å². The lowest BCUT2D eigenvalue weighted by Gasteiger charge is -1.98. The first-order valence-corrected chi connectivity index (χ1v) is 3.05. The standard InChI is InChI=1S/C7H11N2O/c1-6-3-4-9(8)5-7(6)10-2/h3-5H,8H2,1-2H3/q+1. The normalized spacial score (nSPS) is 9.40. The van der Waals surface area contributed by atoms with Gasteiger partial charge in [0.25, 0.3) is 0 Å². The molecule has 0 aliphatic heterocycles. The quantitative estimate of drug-likeness (QED) is 0.439. The van der Waals surface area contributed by atoms with Gasteiger partial charge in [0.05, 0.1) is 7.11 Å². The van der Waals surface area contributed by atoms with Crippen LogP contribution in [0.2, 0.25) is 0 Å². The molecule has 0 unspecified atom stereocenters. The molecule has 54 valence electrons. The molecule has 1 aromatic heterocycles. The van der Waals surface area contributed by atoms with E-state index >= 15 is 0 Å². The molecule has 1 aromatic rings. The summed E-state index contributed by atoms with van der Waals surface area (Å²) in [6.45, 7) is 1.97. The first kappa shape index (κ1) is 6.86. The van der Waals surface area contributed by atoms with Crippen LogP contribution < -0.4 is 15.3 Å². The third-order valence-electron chi connectivity index (χ3n) is 1.37. The van der Waals surface area contributed by atoms with Crippen LogP contribution in [0.25, 0.3) is 0 Å². The van der Waals surface area contributed by atoms with E-state index in [0.717, 1.165) is 11.3 Å². The van der Waals surface area contributed by atoms with Gasteiger partial charge >= 0.3 is 0 Å². The zero-order chi connectivity index (χ0) is 7.56. The van der Waals surface area contributed by atoms with Crippen molar-refractivity contribution < 1.29 is 9.41 Å². The fourth-order valence-corrected chi connectivity index (χ4v) is 0.774. The van der Waals surface area contributed by atoms with Crippen LogP contribution in [0.15, 0.2) is 18.5 Å². The van der Waals surface area contributed by atoms with Crippen molar-refractivity contribution in [1.29, 1.82) is 0 Å². The number of hydrogen-bond acceptors (Lipinski definition) is 2. The highest BCUT2D eigenvalue weighted by Crippen LogP contribution is 2.11. The van der Waals surface area contributed by atoms with Gasteiger partial charge in [-0.1, -0.05) is 4.68 Å². The highest BCUT2D eigenvalue weighted by atomic mass is 16.5. The Morgan fingerprint density at radius 3 is 2.80 bits per heavy atom. The second-order valence-corrected chi connectivity index (χ2v) is 2.14. The predicted octanol–water partition coefficient (Wildman–Crippen LogP) is 0.00492. The minimum Gasteiger partial charge on any atom is -0.490 e. The van der Waals surface area contributed by atoms with Gasteiger partial charge in [0, 0.05) is 11.6 Å². The smallest absolute Gasteiger partial charge is 0.241 e. The molecule has 0 atom stereocenters. The molecule has 0 fully saturated rings. The van der Waals surface area contributed by atoms with Gasteiger partial charge in [-0.15, -0.1) is 0 Å². The first-order valence-electron chi connectivity index (χ1n) is 3.05. The molecule has 0 aliphatic rings. The molecule has 0 radical (unpaired) electrons. The summed E-state index contributed by atoms with van der Waals surface area (Å²) in [5.41, 5.74) is 1.09. The van der Waals surface area contributed by atoms with Gasteiger partial charge in [0.15, 0.2) is 11.9 Å². The molecule has 1 rings (SSSR count). The molecule has 1 heterocycles. The number of aromatic nitrogens is 1. The number of aryl methyl sites for hydroxylation is 1. The van der Waals surface area contributed by atoms with Crippen LogP contribution in [-0.2, 0) is 0 Å². The summed E-state index contributed by atoms with van der Waals surface area (Å²) >= 11 is 0. The van der Waals surface area contributed by atoms with E-state index in [4.69, 9.17) is 10.6 Å². The van der Waals surface area contributed by atoms with Crippen molar-refractivity contribution in [3.8, 4) is 5.75 Å². The molecular formula is C7H11N2O+. The van der Waals surface area contributed by atoms with E-state index in [1.165, 1.54) is 4.68 Å². The molecular weight excluding hydrogens is 128 g/mol. The van der Waals surface area contributed by atoms with E-state index in [2.05, 4.69) is 0 Å². The highest BCUT2D eigenvalue weighted by Gasteiger charge is 2.01. The molecule has 0 aromatic carbocycles. The molecule has 0 saturated heterocycles. The van der Waals surface area contributed by atoms with Crippen LogP contribution in [0.3, 0.4) is 0 Å². The van der Waals surface area contributed by atoms with Crippen molar-refractivity contribution >= 4 is 0 Å². The molecule has 2 N–H and O–H groups in total. The van der Waals surface area contributed by atoms with Gasteiger partial charge in [0.2, 0.25) is 6.20 Å². The molecule has 0 bridgehead atoms. The van der Waals surface area contributed by atoms with Crippen LogP contribution in [0.1, 0.15) is 5.56 Å². The van der Waals surface area contributed by atoms with Crippen molar-refractivity contribution in [3.63, 3.8) is 0 Å². The monoisotopic (exact) mass is 139 g/mol. The van der Waals surface area contributed by atoms with E-state index in [9.17, 15) is 0 Å². The van der Waals surface area contributed by atoms with Crippen LogP contribution in [0.4, 0.5) is 0 Å². The van der Waals surface area contributed by atoms with E-state index in [1.807, 2.05) is 13.0 Å². The third-order valence-corrected chi connectivity index (χ3v) is 1.37. The zero-order valence-corrected chi connectivity index (χ0v) is 6.16. The fraction of sp³-hybridized carbons (Fsp3) is 0.286. The molecule has 0 saturated carbocycles. The maximum Gasteiger partial charge on any atom is 0.241 e. The summed E-state index contributed by atoms with van der Waals surface area (Å²) in [7, 11) is 1.63. The molecule has 0 aliphatic carbocycles. The SMILES string of the molecule is COc1c[n+](N)ccc1C. The van der Waals surface area contributed by atoms with Crippen LogP contribution >= 0.6 is 0 Å². The fourth-order valence-electron chi connectivity index (χ4n) is 0.774. The Balaban J connectivity index is 3.09. The Bertz CT molecular complexity index is 235. The van der Waals surface area contributed by atoms with Gasteiger partial charge < -0.3 is 4.74 Å². The predicted molar refractivity (Wildman–Crippen MR) is 38.1 cm³/mol. The zero-order valence-electron chi connectivity index (χ0n) is 6.16. The maximum absolute atomic E-state index is 5.44. The van der Waals surface area contributed by atoms with Crippen molar-refractivity contribution in [2.24, 2.45) is 0 Å². The van der Waals surface area contributed by atoms with Crippen LogP contribution in [-0.4, -0.2) is 7.11 Å². The number of methoxy groups -OCH3 is 1. The molecule has 3 heteroatoms. The summed E-state index contributed by atoms with van der Waals surface area (Å²) in [5.74, 6) is 6.25. The van der Waals surface area contributed by atoms with Crippen molar-refractivity contribution in [2.45, 2.75) is 6.92 Å². The van der Waals surface area contributed by atoms with Crippen molar-refractivity contribution in [3.05, 3.63) is 24.0 Å². The Kier molecular flexibility index (Phi) is 1.76. The third kappa shape index (κ3) is 1.18. The lowest BCUT2D eigenvalue weighted by Crippen LogP contribution is -2.43. The lowest BCUT2D eigenvalue weighted by molar-refractivity contribution is -0.639. The van der Waals surface area contributed by atoms with E-state index in [0.29, 0.717) is 0 Å². The molecule has 0 amide bonds. The van der Waals surface area contributed by atoms with Gasteiger partial charge in [-0.25, -0.2) is 5.84 Å². The Hall–Kier alpha value is -1.25. The van der Waals surface area contributed by atoms with Crippen LogP contribution in [0, 0.1) is 6.92 Å². The van der Waals surface area contributed by atoms with Crippen molar-refractivity contribution in [1.82, 2.24) is 0 Å². The number of nitrogens with two attached hydrogens (primary N) is 1. The van der Waals surface area contributed by atoms with Gasteiger partial charge in [0.1, 0.15) is 0 Å². The Morgan fingerprint density at radius 1 is 1.60 bits per heavy atom. The summed E-state index contributed by atoms with van der Waals surface area (Å²) in [5, 5.41) is 0.